The van der Waals surface area contributed by atoms with E-state index in [1.807, 2.05) is 0 Å². The normalized spacial score (nSPS) is 16.4. The van der Waals surface area contributed by atoms with E-state index >= 15 is 0 Å². The zero-order chi connectivity index (χ0) is 17.4. The molecule has 0 saturated carbocycles. The average molecular weight is 330 g/mol. The van der Waals surface area contributed by atoms with Gasteiger partial charge in [-0.15, -0.1) is 0 Å². The maximum atomic E-state index is 11.6. The van der Waals surface area contributed by atoms with E-state index in [0.717, 1.165) is 5.56 Å². The van der Waals surface area contributed by atoms with Crippen LogP contribution in [0.5, 0.6) is 5.75 Å². The Labute approximate surface area is 133 Å². The van der Waals surface area contributed by atoms with Crippen molar-refractivity contribution in [2.24, 2.45) is 0 Å². The third-order valence-corrected chi connectivity index (χ3v) is 3.29. The minimum absolute atomic E-state index is 0.0371. The highest BCUT2D eigenvalue weighted by Crippen LogP contribution is 2.11. The Morgan fingerprint density at radius 2 is 1.57 bits per heavy atom. The van der Waals surface area contributed by atoms with Crippen molar-refractivity contribution in [3.05, 3.63) is 29.8 Å². The molecule has 23 heavy (non-hydrogen) atoms. The second-order valence-electron chi connectivity index (χ2n) is 5.15. The molecular formula is C15H22O8. The fraction of sp³-hybridized carbons (Fsp3) is 0.533. The fourth-order valence-corrected chi connectivity index (χ4v) is 1.82. The molecule has 130 valence electrons. The summed E-state index contributed by atoms with van der Waals surface area (Å²) in [5.41, 5.74) is 0.821. The molecule has 0 aliphatic heterocycles. The van der Waals surface area contributed by atoms with E-state index in [2.05, 4.69) is 0 Å². The van der Waals surface area contributed by atoms with Crippen molar-refractivity contribution in [2.75, 3.05) is 13.2 Å². The van der Waals surface area contributed by atoms with Gasteiger partial charge in [-0.2, -0.15) is 0 Å². The van der Waals surface area contributed by atoms with Crippen LogP contribution in [0.2, 0.25) is 0 Å². The van der Waals surface area contributed by atoms with Crippen molar-refractivity contribution >= 4 is 5.97 Å². The third-order valence-electron chi connectivity index (χ3n) is 3.29. The number of phenolic OH excluding ortho intramolecular Hbond substituents is 1. The molecule has 0 aliphatic rings. The number of hydrogen-bond acceptors (Lipinski definition) is 8. The molecule has 0 bridgehead atoms. The topological polar surface area (TPSA) is 148 Å². The van der Waals surface area contributed by atoms with Gasteiger partial charge in [0.15, 0.2) is 0 Å². The first-order valence-electron chi connectivity index (χ1n) is 7.11. The molecule has 0 heterocycles. The maximum Gasteiger partial charge on any atom is 0.306 e. The van der Waals surface area contributed by atoms with Gasteiger partial charge in [-0.1, -0.05) is 12.1 Å². The zero-order valence-corrected chi connectivity index (χ0v) is 12.4. The van der Waals surface area contributed by atoms with Crippen LogP contribution < -0.4 is 0 Å². The number of aliphatic hydroxyl groups excluding tert-OH is 5. The van der Waals surface area contributed by atoms with E-state index < -0.39 is 43.6 Å². The zero-order valence-electron chi connectivity index (χ0n) is 12.4. The first kappa shape index (κ1) is 19.3. The van der Waals surface area contributed by atoms with E-state index in [0.29, 0.717) is 6.42 Å². The quantitative estimate of drug-likeness (QED) is 0.294. The summed E-state index contributed by atoms with van der Waals surface area (Å²) in [6, 6.07) is 6.31. The van der Waals surface area contributed by atoms with Crippen LogP contribution >= 0.6 is 0 Å². The van der Waals surface area contributed by atoms with Gasteiger partial charge in [0.1, 0.15) is 36.8 Å². The standard InChI is InChI=1S/C15H22O8/c16-7-11(18)14(21)15(22)12(19)8-23-13(20)6-3-9-1-4-10(17)5-2-9/h1-2,4-5,11-12,14-19,21-22H,3,6-8H2/t11-,12+,14-,15-/m1/s1. The number of phenols is 1. The van der Waals surface area contributed by atoms with E-state index in [1.54, 1.807) is 12.1 Å². The predicted molar refractivity (Wildman–Crippen MR) is 78.5 cm³/mol. The van der Waals surface area contributed by atoms with Gasteiger partial charge in [-0.05, 0) is 24.1 Å². The Kier molecular flexibility index (Phi) is 7.93. The summed E-state index contributed by atoms with van der Waals surface area (Å²) in [5, 5.41) is 55.5. The molecule has 0 radical (unpaired) electrons. The molecular weight excluding hydrogens is 308 g/mol. The lowest BCUT2D eigenvalue weighted by Gasteiger charge is -2.25. The first-order chi connectivity index (χ1) is 10.8. The number of ether oxygens (including phenoxy) is 1. The van der Waals surface area contributed by atoms with Gasteiger partial charge in [0.2, 0.25) is 0 Å². The second kappa shape index (κ2) is 9.43. The van der Waals surface area contributed by atoms with E-state index in [9.17, 15) is 20.1 Å². The summed E-state index contributed by atoms with van der Waals surface area (Å²) >= 11 is 0. The lowest BCUT2D eigenvalue weighted by molar-refractivity contribution is -0.156. The number of aliphatic hydroxyl groups is 5. The van der Waals surface area contributed by atoms with Crippen molar-refractivity contribution < 1.29 is 40.2 Å². The van der Waals surface area contributed by atoms with Crippen LogP contribution in [-0.2, 0) is 16.0 Å². The second-order valence-corrected chi connectivity index (χ2v) is 5.15. The van der Waals surface area contributed by atoms with Crippen LogP contribution in [-0.4, -0.2) is 74.2 Å². The Hall–Kier alpha value is -1.71. The summed E-state index contributed by atoms with van der Waals surface area (Å²) < 4.78 is 4.78. The number of aromatic hydroxyl groups is 1. The Balaban J connectivity index is 2.33. The van der Waals surface area contributed by atoms with Gasteiger partial charge in [-0.25, -0.2) is 0 Å². The van der Waals surface area contributed by atoms with Gasteiger partial charge >= 0.3 is 5.97 Å². The van der Waals surface area contributed by atoms with Crippen molar-refractivity contribution in [1.29, 1.82) is 0 Å². The molecule has 1 aromatic carbocycles. The largest absolute Gasteiger partial charge is 0.508 e. The highest BCUT2D eigenvalue weighted by Gasteiger charge is 2.30. The number of rotatable bonds is 9. The molecule has 6 N–H and O–H groups in total. The van der Waals surface area contributed by atoms with Crippen LogP contribution in [0.4, 0.5) is 0 Å². The molecule has 0 aliphatic carbocycles. The van der Waals surface area contributed by atoms with Crippen LogP contribution in [0.3, 0.4) is 0 Å². The smallest absolute Gasteiger partial charge is 0.306 e. The summed E-state index contributed by atoms with van der Waals surface area (Å²) in [4.78, 5) is 11.6. The Morgan fingerprint density at radius 3 is 2.13 bits per heavy atom. The van der Waals surface area contributed by atoms with Crippen molar-refractivity contribution in [3.8, 4) is 5.75 Å². The molecule has 8 nitrogen and oxygen atoms in total. The van der Waals surface area contributed by atoms with Gasteiger partial charge < -0.3 is 35.4 Å². The minimum Gasteiger partial charge on any atom is -0.508 e. The molecule has 0 spiro atoms. The summed E-state index contributed by atoms with van der Waals surface area (Å²) in [6.45, 7) is -1.33. The third kappa shape index (κ3) is 6.51. The van der Waals surface area contributed by atoms with Crippen LogP contribution in [0, 0.1) is 0 Å². The number of esters is 1. The summed E-state index contributed by atoms with van der Waals surface area (Å²) in [7, 11) is 0. The van der Waals surface area contributed by atoms with E-state index in [1.165, 1.54) is 12.1 Å². The number of benzene rings is 1. The molecule has 0 amide bonds. The van der Waals surface area contributed by atoms with E-state index in [-0.39, 0.29) is 12.2 Å². The number of carbonyl (C=O) groups excluding carboxylic acids is 1. The molecule has 0 fully saturated rings. The monoisotopic (exact) mass is 330 g/mol. The Bertz CT molecular complexity index is 475. The SMILES string of the molecule is O=C(CCc1ccc(O)cc1)OC[C@H](O)[C@@H](O)[C@H](O)[C@H](O)CO. The number of aryl methyl sites for hydroxylation is 1. The first-order valence-corrected chi connectivity index (χ1v) is 7.11. The molecule has 0 saturated heterocycles. The van der Waals surface area contributed by atoms with Gasteiger partial charge in [0, 0.05) is 6.42 Å². The van der Waals surface area contributed by atoms with Crippen LogP contribution in [0.1, 0.15) is 12.0 Å². The molecule has 4 atom stereocenters. The average Bonchev–Trinajstić information content (AvgIpc) is 2.56. The van der Waals surface area contributed by atoms with Crippen LogP contribution in [0.25, 0.3) is 0 Å². The maximum absolute atomic E-state index is 11.6. The molecule has 1 rings (SSSR count). The molecule has 8 heteroatoms. The van der Waals surface area contributed by atoms with Crippen molar-refractivity contribution in [3.63, 3.8) is 0 Å². The number of carbonyl (C=O) groups is 1. The lowest BCUT2D eigenvalue weighted by Crippen LogP contribution is -2.47. The number of hydrogen-bond donors (Lipinski definition) is 6. The highest BCUT2D eigenvalue weighted by atomic mass is 16.5. The molecule has 1 aromatic rings. The van der Waals surface area contributed by atoms with Crippen molar-refractivity contribution in [1.82, 2.24) is 0 Å². The minimum atomic E-state index is -1.76. The predicted octanol–water partition coefficient (Wildman–Crippen LogP) is -1.70. The highest BCUT2D eigenvalue weighted by molar-refractivity contribution is 5.69. The lowest BCUT2D eigenvalue weighted by atomic mass is 10.0. The van der Waals surface area contributed by atoms with Crippen LogP contribution in [0.15, 0.2) is 24.3 Å². The molecule has 0 unspecified atom stereocenters. The Morgan fingerprint density at radius 1 is 1.00 bits per heavy atom. The van der Waals surface area contributed by atoms with E-state index in [4.69, 9.17) is 20.1 Å². The van der Waals surface area contributed by atoms with Gasteiger partial charge in [0.25, 0.3) is 0 Å². The van der Waals surface area contributed by atoms with Gasteiger partial charge in [-0.3, -0.25) is 4.79 Å². The summed E-state index contributed by atoms with van der Waals surface area (Å²) in [5.74, 6) is -0.487. The fourth-order valence-electron chi connectivity index (χ4n) is 1.82. The molecule has 0 aromatic heterocycles. The van der Waals surface area contributed by atoms with Gasteiger partial charge in [0.05, 0.1) is 6.61 Å². The van der Waals surface area contributed by atoms with Crippen molar-refractivity contribution in [2.45, 2.75) is 37.3 Å². The summed E-state index contributed by atoms with van der Waals surface area (Å²) in [6.07, 6.45) is -6.31.